The highest BCUT2D eigenvalue weighted by Gasteiger charge is 2.26. The van der Waals surface area contributed by atoms with Gasteiger partial charge in [-0.15, -0.1) is 7.92 Å². The zero-order chi connectivity index (χ0) is 19.1. The Kier molecular flexibility index (Phi) is 7.88. The van der Waals surface area contributed by atoms with Gasteiger partial charge in [0, 0.05) is 7.11 Å². The average molecular weight is 385 g/mol. The zero-order valence-corrected chi connectivity index (χ0v) is 17.9. The maximum atomic E-state index is 6.29. The highest BCUT2D eigenvalue weighted by molar-refractivity contribution is 7.57. The normalized spacial score (nSPS) is 21.1. The zero-order valence-electron chi connectivity index (χ0n) is 17.0. The second kappa shape index (κ2) is 10.4. The Balaban J connectivity index is 1.62. The Labute approximate surface area is 166 Å². The molecule has 2 aromatic rings. The van der Waals surface area contributed by atoms with Crippen LogP contribution in [0, 0.1) is 13.8 Å². The van der Waals surface area contributed by atoms with Crippen molar-refractivity contribution in [2.24, 2.45) is 0 Å². The number of hydrogen-bond acceptors (Lipinski definition) is 2. The molecule has 0 bridgehead atoms. The van der Waals surface area contributed by atoms with Crippen molar-refractivity contribution in [3.8, 4) is 0 Å². The van der Waals surface area contributed by atoms with Crippen LogP contribution < -0.4 is 0 Å². The molecule has 0 N–H and O–H groups in total. The summed E-state index contributed by atoms with van der Waals surface area (Å²) < 4.78 is 11.5. The number of hydrogen-bond donors (Lipinski definition) is 0. The largest absolute Gasteiger partial charge is 0.382 e. The summed E-state index contributed by atoms with van der Waals surface area (Å²) in [4.78, 5) is 0. The van der Waals surface area contributed by atoms with Gasteiger partial charge in [-0.25, -0.2) is 0 Å². The summed E-state index contributed by atoms with van der Waals surface area (Å²) in [6.45, 7) is 5.71. The first-order valence-electron chi connectivity index (χ1n) is 10.1. The molecule has 3 heteroatoms. The summed E-state index contributed by atoms with van der Waals surface area (Å²) in [5, 5.41) is 0. The number of methoxy groups -OCH3 is 1. The predicted octanol–water partition coefficient (Wildman–Crippen LogP) is 6.07. The van der Waals surface area contributed by atoms with Crippen LogP contribution in [0.15, 0.2) is 48.5 Å². The van der Waals surface area contributed by atoms with Gasteiger partial charge < -0.3 is 9.47 Å². The first-order chi connectivity index (χ1) is 13.2. The molecular weight excluding hydrogens is 351 g/mol. The monoisotopic (exact) mass is 384 g/mol. The third kappa shape index (κ3) is 5.88. The molecule has 0 amide bonds. The van der Waals surface area contributed by atoms with Gasteiger partial charge in [0.1, 0.15) is 0 Å². The first kappa shape index (κ1) is 20.5. The van der Waals surface area contributed by atoms with Gasteiger partial charge in [0.05, 0.1) is 19.3 Å². The van der Waals surface area contributed by atoms with Crippen LogP contribution >= 0.6 is 7.92 Å². The summed E-state index contributed by atoms with van der Waals surface area (Å²) >= 11 is 0. The van der Waals surface area contributed by atoms with Crippen molar-refractivity contribution >= 4 is 7.92 Å². The Morgan fingerprint density at radius 1 is 1.00 bits per heavy atom. The molecule has 2 nitrogen and oxygen atoms in total. The Hall–Kier alpha value is -1.21. The van der Waals surface area contributed by atoms with Gasteiger partial charge >= 0.3 is 0 Å². The highest BCUT2D eigenvalue weighted by Crippen LogP contribution is 2.49. The van der Waals surface area contributed by atoms with E-state index >= 15 is 0 Å². The molecule has 0 saturated carbocycles. The molecule has 3 rings (SSSR count). The van der Waals surface area contributed by atoms with E-state index in [4.69, 9.17) is 9.47 Å². The molecule has 0 aliphatic carbocycles. The van der Waals surface area contributed by atoms with E-state index in [0.717, 1.165) is 5.92 Å². The molecule has 1 heterocycles. The van der Waals surface area contributed by atoms with Crippen LogP contribution in [0.3, 0.4) is 0 Å². The van der Waals surface area contributed by atoms with E-state index in [2.05, 4.69) is 62.4 Å². The molecule has 27 heavy (non-hydrogen) atoms. The van der Waals surface area contributed by atoms with E-state index in [9.17, 15) is 0 Å². The molecule has 2 aromatic carbocycles. The van der Waals surface area contributed by atoms with Gasteiger partial charge in [0.25, 0.3) is 0 Å². The quantitative estimate of drug-likeness (QED) is 0.406. The lowest BCUT2D eigenvalue weighted by atomic mass is 9.94. The average Bonchev–Trinajstić information content (AvgIpc) is 2.69. The molecule has 1 aliphatic heterocycles. The van der Waals surface area contributed by atoms with Crippen LogP contribution in [-0.4, -0.2) is 38.8 Å². The van der Waals surface area contributed by atoms with Gasteiger partial charge in [-0.2, -0.15) is 0 Å². The molecule has 0 radical (unpaired) electrons. The topological polar surface area (TPSA) is 18.5 Å². The van der Waals surface area contributed by atoms with E-state index in [1.165, 1.54) is 53.6 Å². The van der Waals surface area contributed by atoms with Crippen molar-refractivity contribution in [1.82, 2.24) is 0 Å². The van der Waals surface area contributed by atoms with Crippen molar-refractivity contribution in [1.29, 1.82) is 0 Å². The Morgan fingerprint density at radius 3 is 2.41 bits per heavy atom. The molecule has 146 valence electrons. The minimum Gasteiger partial charge on any atom is -0.382 e. The van der Waals surface area contributed by atoms with Gasteiger partial charge in [-0.3, -0.25) is 0 Å². The molecule has 0 spiro atoms. The van der Waals surface area contributed by atoms with Crippen molar-refractivity contribution in [3.63, 3.8) is 0 Å². The van der Waals surface area contributed by atoms with Crippen molar-refractivity contribution in [2.75, 3.05) is 38.8 Å². The second-order valence-corrected chi connectivity index (χ2v) is 10.3. The second-order valence-electron chi connectivity index (χ2n) is 7.70. The summed E-state index contributed by atoms with van der Waals surface area (Å²) in [5.74, 6) is 0.749. The van der Waals surface area contributed by atoms with Gasteiger partial charge in [0.15, 0.2) is 0 Å². The molecule has 0 aromatic heterocycles. The Morgan fingerprint density at radius 2 is 1.74 bits per heavy atom. The van der Waals surface area contributed by atoms with E-state index < -0.39 is 0 Å². The fourth-order valence-electron chi connectivity index (χ4n) is 4.11. The lowest BCUT2D eigenvalue weighted by Crippen LogP contribution is -2.18. The minimum absolute atomic E-state index is 0.0416. The van der Waals surface area contributed by atoms with Crippen LogP contribution in [0.2, 0.25) is 0 Å². The van der Waals surface area contributed by atoms with E-state index in [1.54, 1.807) is 7.11 Å². The van der Waals surface area contributed by atoms with E-state index in [1.807, 2.05) is 0 Å². The summed E-state index contributed by atoms with van der Waals surface area (Å²) in [5.41, 5.74) is 5.56. The maximum absolute atomic E-state index is 6.29. The molecule has 1 fully saturated rings. The van der Waals surface area contributed by atoms with Gasteiger partial charge in [0.2, 0.25) is 0 Å². The smallest absolute Gasteiger partial charge is 0.0867 e. The molecule has 1 aliphatic rings. The molecule has 1 saturated heterocycles. The number of rotatable bonds is 8. The first-order valence-corrected chi connectivity index (χ1v) is 12.0. The molecule has 1 unspecified atom stereocenters. The summed E-state index contributed by atoms with van der Waals surface area (Å²) in [6.07, 6.45) is 6.78. The fourth-order valence-corrected chi connectivity index (χ4v) is 6.82. The van der Waals surface area contributed by atoms with Crippen molar-refractivity contribution in [3.05, 3.63) is 70.8 Å². The summed E-state index contributed by atoms with van der Waals surface area (Å²) in [7, 11) is 1.78. The van der Waals surface area contributed by atoms with Gasteiger partial charge in [-0.1, -0.05) is 54.1 Å². The lowest BCUT2D eigenvalue weighted by Gasteiger charge is -2.32. The van der Waals surface area contributed by atoms with Crippen LogP contribution in [0.1, 0.15) is 47.1 Å². The van der Waals surface area contributed by atoms with E-state index in [-0.39, 0.29) is 14.0 Å². The van der Waals surface area contributed by atoms with Crippen molar-refractivity contribution < 1.29 is 9.47 Å². The van der Waals surface area contributed by atoms with Crippen molar-refractivity contribution in [2.45, 2.75) is 38.7 Å². The summed E-state index contributed by atoms with van der Waals surface area (Å²) in [6, 6.07) is 17.8. The fraction of sp³-hybridized carbons (Fsp3) is 0.500. The third-order valence-electron chi connectivity index (χ3n) is 5.66. The van der Waals surface area contributed by atoms with Crippen LogP contribution in [0.25, 0.3) is 0 Å². The SMILES string of the molecule is COCCOC(CP1CCC(c2ccccc2)CC1)c1ccc(C)cc1C. The highest BCUT2D eigenvalue weighted by atomic mass is 31.1. The number of benzene rings is 2. The number of aryl methyl sites for hydroxylation is 2. The Bertz CT molecular complexity index is 693. The lowest BCUT2D eigenvalue weighted by molar-refractivity contribution is 0.0270. The molecule has 1 atom stereocenters. The predicted molar refractivity (Wildman–Crippen MR) is 116 cm³/mol. The van der Waals surface area contributed by atoms with Gasteiger partial charge in [-0.05, 0) is 67.8 Å². The van der Waals surface area contributed by atoms with Crippen LogP contribution in [0.4, 0.5) is 0 Å². The minimum atomic E-state index is 0.0416. The third-order valence-corrected chi connectivity index (χ3v) is 8.29. The van der Waals surface area contributed by atoms with E-state index in [0.29, 0.717) is 13.2 Å². The van der Waals surface area contributed by atoms with Crippen LogP contribution in [-0.2, 0) is 9.47 Å². The standard InChI is InChI=1S/C24H33O2P/c1-19-9-10-23(20(2)17-19)24(26-14-13-25-3)18-27-15-11-22(12-16-27)21-7-5-4-6-8-21/h4-10,17,22,24H,11-16,18H2,1-3H3. The number of ether oxygens (including phenoxy) is 2. The van der Waals surface area contributed by atoms with Crippen LogP contribution in [0.5, 0.6) is 0 Å². The molecular formula is C24H33O2P. The maximum Gasteiger partial charge on any atom is 0.0867 e.